The van der Waals surface area contributed by atoms with Crippen LogP contribution in [0.25, 0.3) is 0 Å². The van der Waals surface area contributed by atoms with Gasteiger partial charge in [0.05, 0.1) is 11.7 Å². The van der Waals surface area contributed by atoms with Crippen LogP contribution < -0.4 is 5.32 Å². The number of aryl methyl sites for hydroxylation is 1. The summed E-state index contributed by atoms with van der Waals surface area (Å²) >= 11 is 0. The van der Waals surface area contributed by atoms with Gasteiger partial charge in [-0.3, -0.25) is 4.79 Å². The third kappa shape index (κ3) is 2.90. The summed E-state index contributed by atoms with van der Waals surface area (Å²) in [6, 6.07) is 2.01. The third-order valence-corrected chi connectivity index (χ3v) is 3.31. The number of hydrogen-bond acceptors (Lipinski definition) is 4. The molecule has 2 heterocycles. The van der Waals surface area contributed by atoms with Gasteiger partial charge in [-0.15, -0.1) is 0 Å². The van der Waals surface area contributed by atoms with Gasteiger partial charge in [-0.25, -0.2) is 0 Å². The minimum atomic E-state index is 0.0836. The quantitative estimate of drug-likeness (QED) is 0.808. The Labute approximate surface area is 108 Å². The SMILES string of the molecule is CCNCCC(=O)N1CCCC1c1cc(C)no1. The Hall–Kier alpha value is -1.36. The molecule has 1 N–H and O–H groups in total. The van der Waals surface area contributed by atoms with Crippen LogP contribution in [0.2, 0.25) is 0 Å². The van der Waals surface area contributed by atoms with Gasteiger partial charge in [0, 0.05) is 25.6 Å². The minimum absolute atomic E-state index is 0.0836. The average molecular weight is 251 g/mol. The lowest BCUT2D eigenvalue weighted by atomic mass is 10.1. The summed E-state index contributed by atoms with van der Waals surface area (Å²) in [6.45, 7) is 6.42. The fourth-order valence-corrected chi connectivity index (χ4v) is 2.42. The van der Waals surface area contributed by atoms with Crippen LogP contribution >= 0.6 is 0 Å². The molecule has 2 rings (SSSR count). The normalized spacial score (nSPS) is 19.4. The van der Waals surface area contributed by atoms with E-state index in [1.54, 1.807) is 0 Å². The van der Waals surface area contributed by atoms with Crippen LogP contribution in [-0.4, -0.2) is 35.6 Å². The zero-order chi connectivity index (χ0) is 13.0. The van der Waals surface area contributed by atoms with Gasteiger partial charge in [0.2, 0.25) is 5.91 Å². The molecule has 1 aromatic heterocycles. The number of hydrogen-bond donors (Lipinski definition) is 1. The van der Waals surface area contributed by atoms with Gasteiger partial charge in [0.25, 0.3) is 0 Å². The molecule has 1 atom stereocenters. The first-order chi connectivity index (χ1) is 8.72. The van der Waals surface area contributed by atoms with Crippen molar-refractivity contribution in [3.63, 3.8) is 0 Å². The van der Waals surface area contributed by atoms with Gasteiger partial charge < -0.3 is 14.7 Å². The molecule has 1 fully saturated rings. The maximum atomic E-state index is 12.1. The topological polar surface area (TPSA) is 58.4 Å². The molecule has 0 aromatic carbocycles. The Balaban J connectivity index is 1.97. The molecule has 0 radical (unpaired) electrons. The first-order valence-corrected chi connectivity index (χ1v) is 6.65. The first-order valence-electron chi connectivity index (χ1n) is 6.65. The van der Waals surface area contributed by atoms with E-state index in [-0.39, 0.29) is 11.9 Å². The smallest absolute Gasteiger partial charge is 0.224 e. The second-order valence-electron chi connectivity index (χ2n) is 4.72. The molecule has 1 aliphatic rings. The minimum Gasteiger partial charge on any atom is -0.359 e. The predicted octanol–water partition coefficient (Wildman–Crippen LogP) is 1.65. The molecule has 0 spiro atoms. The van der Waals surface area contributed by atoms with E-state index < -0.39 is 0 Å². The molecule has 1 aromatic rings. The summed E-state index contributed by atoms with van der Waals surface area (Å²) in [4.78, 5) is 14.1. The zero-order valence-electron chi connectivity index (χ0n) is 11.1. The summed E-state index contributed by atoms with van der Waals surface area (Å²) in [7, 11) is 0. The Morgan fingerprint density at radius 3 is 3.17 bits per heavy atom. The van der Waals surface area contributed by atoms with Gasteiger partial charge in [-0.2, -0.15) is 0 Å². The van der Waals surface area contributed by atoms with Crippen molar-refractivity contribution in [3.8, 4) is 0 Å². The van der Waals surface area contributed by atoms with Crippen molar-refractivity contribution in [2.24, 2.45) is 0 Å². The largest absolute Gasteiger partial charge is 0.359 e. The van der Waals surface area contributed by atoms with Gasteiger partial charge in [0.15, 0.2) is 5.76 Å². The van der Waals surface area contributed by atoms with Crippen molar-refractivity contribution >= 4 is 5.91 Å². The molecular formula is C13H21N3O2. The average Bonchev–Trinajstić information content (AvgIpc) is 2.97. The number of nitrogens with zero attached hydrogens (tertiary/aromatic N) is 2. The standard InChI is InChI=1S/C13H21N3O2/c1-3-14-7-6-13(17)16-8-4-5-11(16)12-9-10(2)15-18-12/h9,11,14H,3-8H2,1-2H3. The molecule has 1 unspecified atom stereocenters. The molecule has 5 heteroatoms. The summed E-state index contributed by atoms with van der Waals surface area (Å²) in [5.41, 5.74) is 0.872. The molecule has 5 nitrogen and oxygen atoms in total. The van der Waals surface area contributed by atoms with Crippen molar-refractivity contribution in [3.05, 3.63) is 17.5 Å². The van der Waals surface area contributed by atoms with Crippen LogP contribution in [0.5, 0.6) is 0 Å². The fourth-order valence-electron chi connectivity index (χ4n) is 2.42. The molecule has 0 bridgehead atoms. The van der Waals surface area contributed by atoms with Crippen molar-refractivity contribution in [2.45, 2.75) is 39.2 Å². The zero-order valence-corrected chi connectivity index (χ0v) is 11.1. The van der Waals surface area contributed by atoms with E-state index in [1.165, 1.54) is 0 Å². The van der Waals surface area contributed by atoms with E-state index in [2.05, 4.69) is 10.5 Å². The highest BCUT2D eigenvalue weighted by Crippen LogP contribution is 2.32. The molecule has 0 saturated carbocycles. The molecular weight excluding hydrogens is 230 g/mol. The maximum absolute atomic E-state index is 12.1. The highest BCUT2D eigenvalue weighted by Gasteiger charge is 2.32. The van der Waals surface area contributed by atoms with E-state index in [9.17, 15) is 4.79 Å². The van der Waals surface area contributed by atoms with Gasteiger partial charge in [-0.05, 0) is 26.3 Å². The summed E-state index contributed by atoms with van der Waals surface area (Å²) in [6.07, 6.45) is 2.57. The number of likely N-dealkylation sites (tertiary alicyclic amines) is 1. The Morgan fingerprint density at radius 2 is 2.50 bits per heavy atom. The number of rotatable bonds is 5. The highest BCUT2D eigenvalue weighted by atomic mass is 16.5. The Bertz CT molecular complexity index is 403. The fraction of sp³-hybridized carbons (Fsp3) is 0.692. The van der Waals surface area contributed by atoms with Crippen LogP contribution in [0, 0.1) is 6.92 Å². The van der Waals surface area contributed by atoms with Crippen molar-refractivity contribution in [2.75, 3.05) is 19.6 Å². The van der Waals surface area contributed by atoms with E-state index in [0.29, 0.717) is 6.42 Å². The van der Waals surface area contributed by atoms with Gasteiger partial charge >= 0.3 is 0 Å². The molecule has 18 heavy (non-hydrogen) atoms. The Kier molecular flexibility index (Phi) is 4.36. The monoisotopic (exact) mass is 251 g/mol. The van der Waals surface area contributed by atoms with Crippen LogP contribution in [0.15, 0.2) is 10.6 Å². The summed E-state index contributed by atoms with van der Waals surface area (Å²) < 4.78 is 5.29. The van der Waals surface area contributed by atoms with Crippen LogP contribution in [0.4, 0.5) is 0 Å². The molecule has 1 aliphatic heterocycles. The maximum Gasteiger partial charge on any atom is 0.224 e. The summed E-state index contributed by atoms with van der Waals surface area (Å²) in [5.74, 6) is 1.02. The molecule has 100 valence electrons. The number of aromatic nitrogens is 1. The van der Waals surface area contributed by atoms with Gasteiger partial charge in [0.1, 0.15) is 0 Å². The van der Waals surface area contributed by atoms with Crippen molar-refractivity contribution < 1.29 is 9.32 Å². The number of carbonyl (C=O) groups is 1. The number of carbonyl (C=O) groups excluding carboxylic acids is 1. The third-order valence-electron chi connectivity index (χ3n) is 3.31. The second kappa shape index (κ2) is 6.00. The van der Waals surface area contributed by atoms with E-state index >= 15 is 0 Å². The Morgan fingerprint density at radius 1 is 1.67 bits per heavy atom. The van der Waals surface area contributed by atoms with Crippen LogP contribution in [-0.2, 0) is 4.79 Å². The van der Waals surface area contributed by atoms with E-state index in [4.69, 9.17) is 4.52 Å². The lowest BCUT2D eigenvalue weighted by Crippen LogP contribution is -2.32. The second-order valence-corrected chi connectivity index (χ2v) is 4.72. The lowest BCUT2D eigenvalue weighted by Gasteiger charge is -2.22. The predicted molar refractivity (Wildman–Crippen MR) is 68.1 cm³/mol. The highest BCUT2D eigenvalue weighted by molar-refractivity contribution is 5.77. The van der Waals surface area contributed by atoms with Crippen LogP contribution in [0.3, 0.4) is 0 Å². The number of amides is 1. The van der Waals surface area contributed by atoms with E-state index in [1.807, 2.05) is 24.8 Å². The first kappa shape index (κ1) is 13.1. The van der Waals surface area contributed by atoms with Crippen molar-refractivity contribution in [1.82, 2.24) is 15.4 Å². The molecule has 1 amide bonds. The molecule has 0 aliphatic carbocycles. The van der Waals surface area contributed by atoms with Gasteiger partial charge in [-0.1, -0.05) is 12.1 Å². The van der Waals surface area contributed by atoms with Crippen LogP contribution in [0.1, 0.15) is 43.7 Å². The number of nitrogens with one attached hydrogen (secondary N) is 1. The van der Waals surface area contributed by atoms with E-state index in [0.717, 1.165) is 43.9 Å². The molecule has 1 saturated heterocycles. The summed E-state index contributed by atoms with van der Waals surface area (Å²) in [5, 5.41) is 7.08. The lowest BCUT2D eigenvalue weighted by molar-refractivity contribution is -0.132. The van der Waals surface area contributed by atoms with Crippen molar-refractivity contribution in [1.29, 1.82) is 0 Å².